The molecule has 0 aliphatic heterocycles. The molecule has 0 saturated heterocycles. The second-order valence-electron chi connectivity index (χ2n) is 9.44. The molecule has 166 valence electrons. The Morgan fingerprint density at radius 3 is 2.17 bits per heavy atom. The minimum atomic E-state index is 0.00458. The highest BCUT2D eigenvalue weighted by atomic mass is 35.5. The molecule has 2 N–H and O–H groups in total. The lowest BCUT2D eigenvalue weighted by Crippen LogP contribution is -2.30. The summed E-state index contributed by atoms with van der Waals surface area (Å²) in [6.45, 7) is 16.6. The van der Waals surface area contributed by atoms with Crippen molar-refractivity contribution in [1.82, 2.24) is 0 Å². The first kappa shape index (κ1) is 24.4. The van der Waals surface area contributed by atoms with Crippen molar-refractivity contribution in [3.63, 3.8) is 0 Å². The highest BCUT2D eigenvalue weighted by Crippen LogP contribution is 2.39. The predicted molar refractivity (Wildman–Crippen MR) is 132 cm³/mol. The maximum absolute atomic E-state index is 6.55. The molecule has 0 atom stereocenters. The van der Waals surface area contributed by atoms with Gasteiger partial charge in [-0.1, -0.05) is 78.6 Å². The van der Waals surface area contributed by atoms with Crippen LogP contribution in [0.1, 0.15) is 85.3 Å². The van der Waals surface area contributed by atoms with Gasteiger partial charge in [0.15, 0.2) is 5.75 Å². The molecule has 2 aromatic rings. The summed E-state index contributed by atoms with van der Waals surface area (Å²) in [5, 5.41) is 2.51. The second-order valence-corrected chi connectivity index (χ2v) is 9.85. The summed E-state index contributed by atoms with van der Waals surface area (Å²) in [6, 6.07) is 12.4. The van der Waals surface area contributed by atoms with Crippen molar-refractivity contribution in [2.24, 2.45) is 0 Å². The van der Waals surface area contributed by atoms with E-state index in [2.05, 4.69) is 66.7 Å². The van der Waals surface area contributed by atoms with E-state index < -0.39 is 0 Å². The van der Waals surface area contributed by atoms with Gasteiger partial charge in [0.1, 0.15) is 0 Å². The van der Waals surface area contributed by atoms with E-state index in [0.717, 1.165) is 43.7 Å². The van der Waals surface area contributed by atoms with Gasteiger partial charge in [-0.2, -0.15) is 0 Å². The smallest absolute Gasteiger partial charge is 0.159 e. The lowest BCUT2D eigenvalue weighted by atomic mass is 9.76. The molecule has 2 rings (SSSR count). The van der Waals surface area contributed by atoms with Gasteiger partial charge in [-0.15, -0.1) is 0 Å². The molecule has 0 aliphatic carbocycles. The molecule has 0 bridgehead atoms. The lowest BCUT2D eigenvalue weighted by Gasteiger charge is -2.32. The van der Waals surface area contributed by atoms with Crippen LogP contribution in [-0.4, -0.2) is 6.54 Å². The van der Waals surface area contributed by atoms with Crippen LogP contribution in [0.15, 0.2) is 36.4 Å². The molecule has 4 heteroatoms. The highest BCUT2D eigenvalue weighted by Gasteiger charge is 2.27. The molecular weight excluding hydrogens is 392 g/mol. The van der Waals surface area contributed by atoms with Crippen molar-refractivity contribution >= 4 is 23.0 Å². The first-order valence-corrected chi connectivity index (χ1v) is 11.6. The molecular formula is C26H39ClN2O. The number of halogens is 1. The van der Waals surface area contributed by atoms with Crippen LogP contribution in [0.5, 0.6) is 5.75 Å². The van der Waals surface area contributed by atoms with Gasteiger partial charge in [0.05, 0.1) is 22.9 Å². The van der Waals surface area contributed by atoms with Crippen LogP contribution in [0.3, 0.4) is 0 Å². The molecule has 0 saturated carbocycles. The third-order valence-corrected chi connectivity index (χ3v) is 6.79. The fourth-order valence-corrected chi connectivity index (χ4v) is 3.41. The Kier molecular flexibility index (Phi) is 8.10. The number of rotatable bonds is 10. The molecule has 0 spiro atoms. The number of hydroxylamine groups is 1. The monoisotopic (exact) mass is 430 g/mol. The summed E-state index contributed by atoms with van der Waals surface area (Å²) in [5.74, 6) is 0.905. The average Bonchev–Trinajstić information content (AvgIpc) is 2.73. The second kappa shape index (κ2) is 9.96. The average molecular weight is 431 g/mol. The number of benzene rings is 2. The van der Waals surface area contributed by atoms with E-state index >= 15 is 0 Å². The van der Waals surface area contributed by atoms with Crippen LogP contribution >= 0.6 is 11.6 Å². The SMILES string of the molecule is CCCCN(Oc1ccc(C(C)(C)CC)cc1C(C)(C)CC)c1ccc(Cl)c(N)c1. The first-order chi connectivity index (χ1) is 14.1. The number of anilines is 2. The Hall–Kier alpha value is -1.87. The topological polar surface area (TPSA) is 38.5 Å². The molecule has 0 aliphatic rings. The molecule has 30 heavy (non-hydrogen) atoms. The van der Waals surface area contributed by atoms with Crippen LogP contribution < -0.4 is 15.6 Å². The zero-order valence-corrected chi connectivity index (χ0v) is 20.6. The van der Waals surface area contributed by atoms with Crippen LogP contribution in [0.2, 0.25) is 5.02 Å². The minimum absolute atomic E-state index is 0.00458. The predicted octanol–water partition coefficient (Wildman–Crippen LogP) is 7.90. The van der Waals surface area contributed by atoms with Gasteiger partial charge in [0.2, 0.25) is 0 Å². The summed E-state index contributed by atoms with van der Waals surface area (Å²) >= 11 is 6.14. The van der Waals surface area contributed by atoms with Gasteiger partial charge in [0.25, 0.3) is 0 Å². The zero-order chi connectivity index (χ0) is 22.5. The van der Waals surface area contributed by atoms with E-state index in [0.29, 0.717) is 10.7 Å². The van der Waals surface area contributed by atoms with Crippen LogP contribution in [-0.2, 0) is 10.8 Å². The van der Waals surface area contributed by atoms with Gasteiger partial charge < -0.3 is 10.6 Å². The number of nitrogen functional groups attached to an aromatic ring is 1. The Bertz CT molecular complexity index is 845. The molecule has 0 radical (unpaired) electrons. The van der Waals surface area contributed by atoms with E-state index in [-0.39, 0.29) is 10.8 Å². The quantitative estimate of drug-likeness (QED) is 0.307. The fourth-order valence-electron chi connectivity index (χ4n) is 3.29. The fraction of sp³-hybridized carbons (Fsp3) is 0.538. The van der Waals surface area contributed by atoms with Crippen molar-refractivity contribution in [2.75, 3.05) is 17.3 Å². The van der Waals surface area contributed by atoms with Crippen LogP contribution in [0.25, 0.3) is 0 Å². The Balaban J connectivity index is 2.51. The maximum atomic E-state index is 6.55. The third kappa shape index (κ3) is 5.63. The molecule has 0 amide bonds. The molecule has 2 aromatic carbocycles. The van der Waals surface area contributed by atoms with Gasteiger partial charge in [-0.3, -0.25) is 0 Å². The summed E-state index contributed by atoms with van der Waals surface area (Å²) in [7, 11) is 0. The van der Waals surface area contributed by atoms with Gasteiger partial charge in [-0.25, -0.2) is 5.06 Å². The van der Waals surface area contributed by atoms with E-state index in [1.807, 2.05) is 23.3 Å². The normalized spacial score (nSPS) is 12.1. The molecule has 0 heterocycles. The highest BCUT2D eigenvalue weighted by molar-refractivity contribution is 6.33. The Morgan fingerprint density at radius 2 is 1.60 bits per heavy atom. The van der Waals surface area contributed by atoms with Gasteiger partial charge >= 0.3 is 0 Å². The standard InChI is InChI=1S/C26H39ClN2O/c1-8-11-16-29(20-13-14-22(27)23(28)18-20)30-24-15-12-19(25(4,5)9-2)17-21(24)26(6,7)10-3/h12-15,17-18H,8-11,16,28H2,1-7H3. The maximum Gasteiger partial charge on any atom is 0.159 e. The number of hydrogen-bond acceptors (Lipinski definition) is 3. The third-order valence-electron chi connectivity index (χ3n) is 6.45. The van der Waals surface area contributed by atoms with E-state index in [9.17, 15) is 0 Å². The van der Waals surface area contributed by atoms with Gasteiger partial charge in [-0.05, 0) is 59.9 Å². The molecule has 3 nitrogen and oxygen atoms in total. The summed E-state index contributed by atoms with van der Waals surface area (Å²) in [4.78, 5) is 6.55. The minimum Gasteiger partial charge on any atom is -0.397 e. The summed E-state index contributed by atoms with van der Waals surface area (Å²) < 4.78 is 0. The van der Waals surface area contributed by atoms with Crippen molar-refractivity contribution in [1.29, 1.82) is 0 Å². The Morgan fingerprint density at radius 1 is 0.933 bits per heavy atom. The van der Waals surface area contributed by atoms with Crippen molar-refractivity contribution in [3.8, 4) is 5.75 Å². The summed E-state index contributed by atoms with van der Waals surface area (Å²) in [6.07, 6.45) is 4.23. The molecule has 0 fully saturated rings. The molecule has 0 aromatic heterocycles. The number of nitrogens with zero attached hydrogens (tertiary/aromatic N) is 1. The van der Waals surface area contributed by atoms with Crippen LogP contribution in [0.4, 0.5) is 11.4 Å². The van der Waals surface area contributed by atoms with E-state index in [4.69, 9.17) is 22.2 Å². The number of hydrogen-bond donors (Lipinski definition) is 1. The van der Waals surface area contributed by atoms with E-state index in [1.54, 1.807) is 0 Å². The summed E-state index contributed by atoms with van der Waals surface area (Å²) in [5.41, 5.74) is 10.3. The number of unbranched alkanes of at least 4 members (excludes halogenated alkanes) is 1. The van der Waals surface area contributed by atoms with Crippen LogP contribution in [0, 0.1) is 0 Å². The lowest BCUT2D eigenvalue weighted by molar-refractivity contribution is 0.267. The largest absolute Gasteiger partial charge is 0.397 e. The number of nitrogens with two attached hydrogens (primary N) is 1. The van der Waals surface area contributed by atoms with Crippen molar-refractivity contribution in [3.05, 3.63) is 52.5 Å². The van der Waals surface area contributed by atoms with E-state index in [1.165, 1.54) is 11.1 Å². The van der Waals surface area contributed by atoms with Crippen molar-refractivity contribution in [2.45, 2.75) is 85.0 Å². The molecule has 0 unspecified atom stereocenters. The van der Waals surface area contributed by atoms with Gasteiger partial charge in [0, 0.05) is 5.56 Å². The van der Waals surface area contributed by atoms with Crippen molar-refractivity contribution < 1.29 is 4.84 Å². The Labute approximate surface area is 188 Å². The first-order valence-electron chi connectivity index (χ1n) is 11.2. The zero-order valence-electron chi connectivity index (χ0n) is 19.8.